The van der Waals surface area contributed by atoms with E-state index in [4.69, 9.17) is 0 Å². The van der Waals surface area contributed by atoms with E-state index in [9.17, 15) is 9.90 Å². The maximum Gasteiger partial charge on any atom is 0.259 e. The molecule has 3 rings (SSSR count). The van der Waals surface area contributed by atoms with Crippen molar-refractivity contribution in [2.24, 2.45) is 0 Å². The fourth-order valence-corrected chi connectivity index (χ4v) is 2.56. The van der Waals surface area contributed by atoms with E-state index in [1.54, 1.807) is 6.20 Å². The van der Waals surface area contributed by atoms with Gasteiger partial charge in [0, 0.05) is 18.3 Å². The number of rotatable bonds is 2. The minimum atomic E-state index is -0.173. The van der Waals surface area contributed by atoms with Gasteiger partial charge in [-0.2, -0.15) is 0 Å². The minimum Gasteiger partial charge on any atom is -0.393 e. The zero-order valence-corrected chi connectivity index (χ0v) is 10.6. The molecule has 0 unspecified atom stereocenters. The largest absolute Gasteiger partial charge is 0.393 e. The first-order chi connectivity index (χ1) is 9.22. The van der Waals surface area contributed by atoms with Crippen molar-refractivity contribution < 1.29 is 5.11 Å². The van der Waals surface area contributed by atoms with E-state index in [1.165, 1.54) is 10.5 Å². The van der Waals surface area contributed by atoms with Crippen molar-refractivity contribution in [3.8, 4) is 0 Å². The first-order valence-electron chi connectivity index (χ1n) is 6.65. The molecule has 1 fully saturated rings. The zero-order valence-electron chi connectivity index (χ0n) is 10.6. The Morgan fingerprint density at radius 2 is 2.05 bits per heavy atom. The van der Waals surface area contributed by atoms with Gasteiger partial charge >= 0.3 is 0 Å². The second kappa shape index (κ2) is 5.01. The number of aliphatic hydroxyl groups excluding tert-OH is 1. The highest BCUT2D eigenvalue weighted by Gasteiger charge is 2.19. The van der Waals surface area contributed by atoms with Gasteiger partial charge in [-0.05, 0) is 37.8 Å². The Bertz CT molecular complexity index is 630. The molecule has 2 aromatic heterocycles. The SMILES string of the molecule is O=c1cc(NC2CCC(O)CC2)nc2ccccn12. The fraction of sp³-hybridized carbons (Fsp3) is 0.429. The first-order valence-corrected chi connectivity index (χ1v) is 6.65. The summed E-state index contributed by atoms with van der Waals surface area (Å²) >= 11 is 0. The molecule has 0 atom stereocenters. The van der Waals surface area contributed by atoms with Crippen molar-refractivity contribution in [2.45, 2.75) is 37.8 Å². The van der Waals surface area contributed by atoms with E-state index in [1.807, 2.05) is 18.2 Å². The van der Waals surface area contributed by atoms with Gasteiger partial charge in [-0.15, -0.1) is 0 Å². The summed E-state index contributed by atoms with van der Waals surface area (Å²) in [5, 5.41) is 12.8. The molecule has 2 aromatic rings. The number of nitrogens with zero attached hydrogens (tertiary/aromatic N) is 2. The normalized spacial score (nSPS) is 23.4. The van der Waals surface area contributed by atoms with Gasteiger partial charge in [-0.25, -0.2) is 4.98 Å². The van der Waals surface area contributed by atoms with Crippen molar-refractivity contribution in [1.82, 2.24) is 9.38 Å². The van der Waals surface area contributed by atoms with Gasteiger partial charge in [0.05, 0.1) is 6.10 Å². The summed E-state index contributed by atoms with van der Waals surface area (Å²) in [4.78, 5) is 16.4. The lowest BCUT2D eigenvalue weighted by molar-refractivity contribution is 0.126. The van der Waals surface area contributed by atoms with E-state index < -0.39 is 0 Å². The van der Waals surface area contributed by atoms with Crippen LogP contribution in [0, 0.1) is 0 Å². The third-order valence-electron chi connectivity index (χ3n) is 3.62. The van der Waals surface area contributed by atoms with Crippen molar-refractivity contribution >= 4 is 11.5 Å². The Morgan fingerprint density at radius 1 is 1.26 bits per heavy atom. The number of pyridine rings is 1. The van der Waals surface area contributed by atoms with Crippen LogP contribution in [0.4, 0.5) is 5.82 Å². The second-order valence-electron chi connectivity index (χ2n) is 5.06. The highest BCUT2D eigenvalue weighted by atomic mass is 16.3. The van der Waals surface area contributed by atoms with Crippen LogP contribution in [0.2, 0.25) is 0 Å². The summed E-state index contributed by atoms with van der Waals surface area (Å²) in [6.07, 6.45) is 4.99. The topological polar surface area (TPSA) is 66.6 Å². The third kappa shape index (κ3) is 2.61. The second-order valence-corrected chi connectivity index (χ2v) is 5.06. The van der Waals surface area contributed by atoms with Gasteiger partial charge in [-0.3, -0.25) is 9.20 Å². The molecule has 0 aromatic carbocycles. The van der Waals surface area contributed by atoms with Crippen molar-refractivity contribution in [3.05, 3.63) is 40.8 Å². The monoisotopic (exact) mass is 259 g/mol. The van der Waals surface area contributed by atoms with Crippen molar-refractivity contribution in [3.63, 3.8) is 0 Å². The van der Waals surface area contributed by atoms with Crippen LogP contribution in [0.3, 0.4) is 0 Å². The molecule has 5 heteroatoms. The summed E-state index contributed by atoms with van der Waals surface area (Å²) in [6.45, 7) is 0. The molecule has 100 valence electrons. The van der Waals surface area contributed by atoms with E-state index in [0.717, 1.165) is 25.7 Å². The number of hydrogen-bond donors (Lipinski definition) is 2. The zero-order chi connectivity index (χ0) is 13.2. The summed E-state index contributed by atoms with van der Waals surface area (Å²) in [5.41, 5.74) is 0.567. The first kappa shape index (κ1) is 12.2. The van der Waals surface area contributed by atoms with Gasteiger partial charge in [0.1, 0.15) is 11.5 Å². The number of hydrogen-bond acceptors (Lipinski definition) is 4. The Morgan fingerprint density at radius 3 is 2.84 bits per heavy atom. The smallest absolute Gasteiger partial charge is 0.259 e. The van der Waals surface area contributed by atoms with Crippen LogP contribution in [0.15, 0.2) is 35.3 Å². The van der Waals surface area contributed by atoms with Gasteiger partial charge in [0.25, 0.3) is 5.56 Å². The number of aliphatic hydroxyl groups is 1. The lowest BCUT2D eigenvalue weighted by Gasteiger charge is -2.26. The van der Waals surface area contributed by atoms with Crippen LogP contribution in [0.1, 0.15) is 25.7 Å². The molecule has 0 bridgehead atoms. The average Bonchev–Trinajstić information content (AvgIpc) is 2.42. The molecule has 0 radical (unpaired) electrons. The van der Waals surface area contributed by atoms with Gasteiger partial charge in [-0.1, -0.05) is 6.07 Å². The summed E-state index contributed by atoms with van der Waals surface area (Å²) in [5.74, 6) is 0.623. The Balaban J connectivity index is 1.83. The fourth-order valence-electron chi connectivity index (χ4n) is 2.56. The minimum absolute atomic E-state index is 0.0797. The molecule has 1 aliphatic rings. The molecule has 5 nitrogen and oxygen atoms in total. The molecule has 0 aliphatic heterocycles. The maximum absolute atomic E-state index is 11.9. The molecule has 1 aliphatic carbocycles. The molecule has 2 heterocycles. The molecular weight excluding hydrogens is 242 g/mol. The van der Waals surface area contributed by atoms with Gasteiger partial charge < -0.3 is 10.4 Å². The standard InChI is InChI=1S/C14H17N3O2/c18-11-6-4-10(5-7-11)15-12-9-14(19)17-8-2-1-3-13(17)16-12/h1-3,8-11,15,18H,4-7H2. The van der Waals surface area contributed by atoms with E-state index in [0.29, 0.717) is 17.5 Å². The molecule has 2 N–H and O–H groups in total. The maximum atomic E-state index is 11.9. The quantitative estimate of drug-likeness (QED) is 0.855. The molecule has 0 spiro atoms. The van der Waals surface area contributed by atoms with Gasteiger partial charge in [0.2, 0.25) is 0 Å². The molecule has 1 saturated carbocycles. The summed E-state index contributed by atoms with van der Waals surface area (Å²) < 4.78 is 1.52. The van der Waals surface area contributed by atoms with Crippen molar-refractivity contribution in [2.75, 3.05) is 5.32 Å². The average molecular weight is 259 g/mol. The Labute approximate surface area is 110 Å². The van der Waals surface area contributed by atoms with Crippen LogP contribution >= 0.6 is 0 Å². The lowest BCUT2D eigenvalue weighted by atomic mass is 9.93. The van der Waals surface area contributed by atoms with Crippen LogP contribution in [0.5, 0.6) is 0 Å². The van der Waals surface area contributed by atoms with Crippen molar-refractivity contribution in [1.29, 1.82) is 0 Å². The van der Waals surface area contributed by atoms with Crippen LogP contribution in [-0.4, -0.2) is 26.6 Å². The lowest BCUT2D eigenvalue weighted by Crippen LogP contribution is -2.29. The highest BCUT2D eigenvalue weighted by Crippen LogP contribution is 2.21. The van der Waals surface area contributed by atoms with Crippen LogP contribution < -0.4 is 10.9 Å². The third-order valence-corrected chi connectivity index (χ3v) is 3.62. The molecule has 0 saturated heterocycles. The Kier molecular flexibility index (Phi) is 3.21. The van der Waals surface area contributed by atoms with Crippen LogP contribution in [-0.2, 0) is 0 Å². The van der Waals surface area contributed by atoms with E-state index in [2.05, 4.69) is 10.3 Å². The number of fused-ring (bicyclic) bond motifs is 1. The Hall–Kier alpha value is -1.88. The molecule has 19 heavy (non-hydrogen) atoms. The predicted octanol–water partition coefficient (Wildman–Crippen LogP) is 1.41. The molecule has 0 amide bonds. The number of anilines is 1. The summed E-state index contributed by atoms with van der Waals surface area (Å²) in [6, 6.07) is 7.31. The highest BCUT2D eigenvalue weighted by molar-refractivity contribution is 5.46. The number of nitrogens with one attached hydrogen (secondary N) is 1. The van der Waals surface area contributed by atoms with E-state index in [-0.39, 0.29) is 11.7 Å². The van der Waals surface area contributed by atoms with Gasteiger partial charge in [0.15, 0.2) is 0 Å². The molecular formula is C14H17N3O2. The predicted molar refractivity (Wildman–Crippen MR) is 73.3 cm³/mol. The van der Waals surface area contributed by atoms with E-state index >= 15 is 0 Å². The summed E-state index contributed by atoms with van der Waals surface area (Å²) in [7, 11) is 0. The van der Waals surface area contributed by atoms with Crippen LogP contribution in [0.25, 0.3) is 5.65 Å². The number of aromatic nitrogens is 2.